The lowest BCUT2D eigenvalue weighted by Gasteiger charge is -2.41. The van der Waals surface area contributed by atoms with E-state index in [0.717, 1.165) is 19.3 Å². The molecule has 72 valence electrons. The normalized spacial score (nSPS) is 21.8. The first-order chi connectivity index (χ1) is 5.47. The average Bonchev–Trinajstić information content (AvgIpc) is 1.84. The Balaban J connectivity index is 2.40. The van der Waals surface area contributed by atoms with Crippen LogP contribution in [0.2, 0.25) is 0 Å². The number of nitrogens with two attached hydrogens (primary N) is 1. The van der Waals surface area contributed by atoms with Gasteiger partial charge in [0.2, 0.25) is 0 Å². The largest absolute Gasteiger partial charge is 0.274 e. The second kappa shape index (κ2) is 3.32. The molecule has 0 unspecified atom stereocenters. The lowest BCUT2D eigenvalue weighted by Crippen LogP contribution is -2.43. The lowest BCUT2D eigenvalue weighted by atomic mass is 9.67. The molecule has 0 aliphatic heterocycles. The maximum Gasteiger partial charge on any atom is 0.274 e. The summed E-state index contributed by atoms with van der Waals surface area (Å²) in [6.45, 7) is 2.59. The van der Waals surface area contributed by atoms with Crippen LogP contribution in [0.4, 0.5) is 0 Å². The Morgan fingerprint density at radius 2 is 2.08 bits per heavy atom. The first kappa shape index (κ1) is 9.95. The predicted molar refractivity (Wildman–Crippen MR) is 47.7 cm³/mol. The fourth-order valence-corrected chi connectivity index (χ4v) is 2.09. The van der Waals surface area contributed by atoms with Gasteiger partial charge in [-0.2, -0.15) is 8.42 Å². The van der Waals surface area contributed by atoms with Crippen LogP contribution in [0.1, 0.15) is 32.6 Å². The zero-order valence-corrected chi connectivity index (χ0v) is 8.15. The lowest BCUT2D eigenvalue weighted by molar-refractivity contribution is 0.133. The highest BCUT2D eigenvalue weighted by Gasteiger charge is 2.35. The molecule has 0 radical (unpaired) electrons. The van der Waals surface area contributed by atoms with Crippen molar-refractivity contribution < 1.29 is 8.42 Å². The van der Waals surface area contributed by atoms with Gasteiger partial charge >= 0.3 is 0 Å². The van der Waals surface area contributed by atoms with Crippen LogP contribution in [-0.4, -0.2) is 15.0 Å². The van der Waals surface area contributed by atoms with Crippen molar-refractivity contribution in [1.82, 2.24) is 4.72 Å². The molecule has 1 rings (SSSR count). The van der Waals surface area contributed by atoms with Crippen LogP contribution < -0.4 is 9.86 Å². The van der Waals surface area contributed by atoms with E-state index >= 15 is 0 Å². The van der Waals surface area contributed by atoms with E-state index in [4.69, 9.17) is 5.14 Å². The maximum atomic E-state index is 10.6. The van der Waals surface area contributed by atoms with Crippen molar-refractivity contribution in [3.8, 4) is 0 Å². The first-order valence-electron chi connectivity index (χ1n) is 4.25. The number of rotatable bonds is 4. The van der Waals surface area contributed by atoms with Gasteiger partial charge in [0.25, 0.3) is 10.2 Å². The highest BCUT2D eigenvalue weighted by Crippen LogP contribution is 2.43. The second-order valence-corrected chi connectivity index (χ2v) is 4.95. The van der Waals surface area contributed by atoms with Gasteiger partial charge in [-0.15, -0.1) is 0 Å². The van der Waals surface area contributed by atoms with Gasteiger partial charge in [-0.05, 0) is 24.7 Å². The van der Waals surface area contributed by atoms with E-state index < -0.39 is 10.2 Å². The summed E-state index contributed by atoms with van der Waals surface area (Å²) in [5, 5.41) is 4.84. The van der Waals surface area contributed by atoms with Crippen molar-refractivity contribution in [3.63, 3.8) is 0 Å². The fraction of sp³-hybridized carbons (Fsp3) is 1.00. The molecule has 0 bridgehead atoms. The quantitative estimate of drug-likeness (QED) is 0.675. The molecule has 0 amide bonds. The van der Waals surface area contributed by atoms with Gasteiger partial charge in [-0.25, -0.2) is 9.86 Å². The van der Waals surface area contributed by atoms with Crippen molar-refractivity contribution in [2.24, 2.45) is 10.6 Å². The Morgan fingerprint density at radius 1 is 1.50 bits per heavy atom. The third-order valence-electron chi connectivity index (χ3n) is 2.81. The minimum absolute atomic E-state index is 0.201. The molecule has 0 spiro atoms. The molecular formula is C7H16N2O2S. The summed E-state index contributed by atoms with van der Waals surface area (Å²) in [5.41, 5.74) is 0.201. The zero-order chi connectivity index (χ0) is 9.24. The number of hydrogen-bond acceptors (Lipinski definition) is 2. The van der Waals surface area contributed by atoms with Gasteiger partial charge < -0.3 is 0 Å². The van der Waals surface area contributed by atoms with E-state index in [-0.39, 0.29) is 5.41 Å². The molecule has 0 saturated heterocycles. The second-order valence-electron chi connectivity index (χ2n) is 3.57. The topological polar surface area (TPSA) is 72.2 Å². The van der Waals surface area contributed by atoms with Crippen molar-refractivity contribution >= 4 is 10.2 Å². The standard InChI is InChI=1S/C7H16N2O2S/c1-2-7(4-3-5-7)6-9-12(8,10)11/h9H,2-6H2,1H3,(H2,8,10,11). The van der Waals surface area contributed by atoms with Crippen LogP contribution in [0.5, 0.6) is 0 Å². The summed E-state index contributed by atoms with van der Waals surface area (Å²) in [5.74, 6) is 0. The first-order valence-corrected chi connectivity index (χ1v) is 5.79. The summed E-state index contributed by atoms with van der Waals surface area (Å²) in [7, 11) is -3.49. The molecule has 1 fully saturated rings. The Hall–Kier alpha value is -0.130. The van der Waals surface area contributed by atoms with E-state index in [2.05, 4.69) is 11.6 Å². The third kappa shape index (κ3) is 2.43. The van der Waals surface area contributed by atoms with Crippen molar-refractivity contribution in [1.29, 1.82) is 0 Å². The molecule has 1 saturated carbocycles. The molecule has 0 aromatic heterocycles. The van der Waals surface area contributed by atoms with Gasteiger partial charge in [0.1, 0.15) is 0 Å². The Morgan fingerprint density at radius 3 is 2.33 bits per heavy atom. The molecule has 5 heteroatoms. The van der Waals surface area contributed by atoms with Gasteiger partial charge in [0, 0.05) is 6.54 Å². The number of hydrogen-bond donors (Lipinski definition) is 2. The summed E-state index contributed by atoms with van der Waals surface area (Å²) in [6.07, 6.45) is 4.47. The summed E-state index contributed by atoms with van der Waals surface area (Å²) < 4.78 is 23.6. The van der Waals surface area contributed by atoms with Crippen molar-refractivity contribution in [2.45, 2.75) is 32.6 Å². The monoisotopic (exact) mass is 192 g/mol. The molecule has 3 N–H and O–H groups in total. The average molecular weight is 192 g/mol. The zero-order valence-electron chi connectivity index (χ0n) is 7.34. The fourth-order valence-electron chi connectivity index (χ4n) is 1.59. The summed E-state index contributed by atoms with van der Waals surface area (Å²) >= 11 is 0. The van der Waals surface area contributed by atoms with E-state index in [9.17, 15) is 8.42 Å². The minimum atomic E-state index is -3.49. The molecule has 0 aromatic carbocycles. The third-order valence-corrected chi connectivity index (χ3v) is 3.36. The van der Waals surface area contributed by atoms with Crippen LogP contribution in [0.15, 0.2) is 0 Å². The van der Waals surface area contributed by atoms with Crippen molar-refractivity contribution in [3.05, 3.63) is 0 Å². The van der Waals surface area contributed by atoms with E-state index in [1.54, 1.807) is 0 Å². The minimum Gasteiger partial charge on any atom is -0.216 e. The smallest absolute Gasteiger partial charge is 0.216 e. The number of nitrogens with one attached hydrogen (secondary N) is 1. The summed E-state index contributed by atoms with van der Waals surface area (Å²) in [6, 6.07) is 0. The summed E-state index contributed by atoms with van der Waals surface area (Å²) in [4.78, 5) is 0. The molecule has 0 atom stereocenters. The molecule has 12 heavy (non-hydrogen) atoms. The van der Waals surface area contributed by atoms with Crippen LogP contribution in [0.25, 0.3) is 0 Å². The SMILES string of the molecule is CCC1(CNS(N)(=O)=O)CCC1. The predicted octanol–water partition coefficient (Wildman–Crippen LogP) is 0.360. The Kier molecular flexibility index (Phi) is 2.75. The Labute approximate surface area is 73.7 Å². The van der Waals surface area contributed by atoms with E-state index in [1.165, 1.54) is 6.42 Å². The molecule has 4 nitrogen and oxygen atoms in total. The van der Waals surface area contributed by atoms with Gasteiger partial charge in [-0.1, -0.05) is 13.3 Å². The van der Waals surface area contributed by atoms with Crippen LogP contribution in [0, 0.1) is 5.41 Å². The van der Waals surface area contributed by atoms with Crippen LogP contribution in [-0.2, 0) is 10.2 Å². The van der Waals surface area contributed by atoms with Gasteiger partial charge in [0.05, 0.1) is 0 Å². The molecule has 0 heterocycles. The van der Waals surface area contributed by atoms with E-state index in [0.29, 0.717) is 6.54 Å². The van der Waals surface area contributed by atoms with Gasteiger partial charge in [0.15, 0.2) is 0 Å². The highest BCUT2D eigenvalue weighted by atomic mass is 32.2. The molecule has 1 aliphatic carbocycles. The van der Waals surface area contributed by atoms with Gasteiger partial charge in [-0.3, -0.25) is 0 Å². The molecule has 0 aromatic rings. The van der Waals surface area contributed by atoms with E-state index in [1.807, 2.05) is 0 Å². The molecular weight excluding hydrogens is 176 g/mol. The highest BCUT2D eigenvalue weighted by molar-refractivity contribution is 7.87. The Bertz CT molecular complexity index is 239. The van der Waals surface area contributed by atoms with Crippen LogP contribution in [0.3, 0.4) is 0 Å². The molecule has 1 aliphatic rings. The van der Waals surface area contributed by atoms with Crippen LogP contribution >= 0.6 is 0 Å². The maximum absolute atomic E-state index is 10.6. The van der Waals surface area contributed by atoms with Crippen molar-refractivity contribution in [2.75, 3.05) is 6.54 Å².